The van der Waals surface area contributed by atoms with Gasteiger partial charge in [0.05, 0.1) is 25.6 Å². The zero-order valence-electron chi connectivity index (χ0n) is 16.3. The van der Waals surface area contributed by atoms with Crippen LogP contribution < -0.4 is 10.6 Å². The van der Waals surface area contributed by atoms with Gasteiger partial charge in [0.2, 0.25) is 0 Å². The van der Waals surface area contributed by atoms with Crippen molar-refractivity contribution in [2.45, 2.75) is 0 Å². The van der Waals surface area contributed by atoms with Crippen LogP contribution in [0.2, 0.25) is 0 Å². The summed E-state index contributed by atoms with van der Waals surface area (Å²) < 4.78 is 5.34. The summed E-state index contributed by atoms with van der Waals surface area (Å²) in [6.45, 7) is 4.67. The molecule has 0 saturated carbocycles. The number of amides is 1. The van der Waals surface area contributed by atoms with Gasteiger partial charge in [-0.1, -0.05) is 12.1 Å². The van der Waals surface area contributed by atoms with Gasteiger partial charge in [-0.15, -0.1) is 0 Å². The van der Waals surface area contributed by atoms with Gasteiger partial charge in [0.1, 0.15) is 17.7 Å². The lowest BCUT2D eigenvalue weighted by atomic mass is 10.1. The lowest BCUT2D eigenvalue weighted by Crippen LogP contribution is -2.41. The zero-order valence-corrected chi connectivity index (χ0v) is 16.3. The van der Waals surface area contributed by atoms with Crippen LogP contribution in [0.4, 0.5) is 11.6 Å². The van der Waals surface area contributed by atoms with Crippen LogP contribution >= 0.6 is 0 Å². The number of hydrogen-bond donors (Lipinski definition) is 2. The minimum atomic E-state index is -0.116. The van der Waals surface area contributed by atoms with E-state index in [2.05, 4.69) is 30.5 Å². The number of nitrogens with zero attached hydrogens (tertiary/aromatic N) is 5. The van der Waals surface area contributed by atoms with E-state index in [1.165, 1.54) is 12.4 Å². The van der Waals surface area contributed by atoms with Crippen molar-refractivity contribution in [2.24, 2.45) is 0 Å². The highest BCUT2D eigenvalue weighted by molar-refractivity contribution is 6.07. The van der Waals surface area contributed by atoms with Crippen LogP contribution in [0.1, 0.15) is 16.1 Å². The molecule has 1 aliphatic rings. The van der Waals surface area contributed by atoms with Crippen molar-refractivity contribution in [3.05, 3.63) is 54.1 Å². The number of nitrogens with one attached hydrogen (secondary N) is 2. The lowest BCUT2D eigenvalue weighted by molar-refractivity contribution is 0.0383. The molecule has 0 spiro atoms. The number of morpholine rings is 1. The van der Waals surface area contributed by atoms with Crippen LogP contribution in [0.5, 0.6) is 0 Å². The van der Waals surface area contributed by atoms with E-state index < -0.39 is 0 Å². The monoisotopic (exact) mass is 403 g/mol. The van der Waals surface area contributed by atoms with E-state index in [0.29, 0.717) is 23.7 Å². The molecular formula is C21H21N7O2. The molecule has 0 unspecified atom stereocenters. The van der Waals surface area contributed by atoms with Crippen LogP contribution in [-0.4, -0.2) is 65.2 Å². The summed E-state index contributed by atoms with van der Waals surface area (Å²) in [4.78, 5) is 27.5. The van der Waals surface area contributed by atoms with Gasteiger partial charge >= 0.3 is 0 Å². The van der Waals surface area contributed by atoms with Crippen LogP contribution in [-0.2, 0) is 4.74 Å². The van der Waals surface area contributed by atoms with E-state index in [9.17, 15) is 4.79 Å². The molecule has 2 aromatic heterocycles. The maximum atomic E-state index is 12.7. The summed E-state index contributed by atoms with van der Waals surface area (Å²) >= 11 is 0. The van der Waals surface area contributed by atoms with Gasteiger partial charge in [-0.3, -0.25) is 9.69 Å². The molecule has 1 fully saturated rings. The maximum absolute atomic E-state index is 12.7. The molecule has 2 N–H and O–H groups in total. The standard InChI is InChI=1S/C21H21N7O2/c22-11-16-12-25-20(14-24-16)27-19-10-15-2-1-3-17(18(15)13-26-19)21(29)23-4-5-28-6-8-30-9-7-28/h1-3,10,12-14H,4-9H2,(H,23,29)(H,25,26,27). The first-order valence-corrected chi connectivity index (χ1v) is 9.69. The smallest absolute Gasteiger partial charge is 0.252 e. The Hall–Kier alpha value is -3.61. The summed E-state index contributed by atoms with van der Waals surface area (Å²) in [5.74, 6) is 0.943. The largest absolute Gasteiger partial charge is 0.379 e. The second-order valence-corrected chi connectivity index (χ2v) is 6.83. The van der Waals surface area contributed by atoms with Crippen molar-refractivity contribution in [1.29, 1.82) is 5.26 Å². The number of pyridine rings is 1. The van der Waals surface area contributed by atoms with Crippen molar-refractivity contribution in [1.82, 2.24) is 25.2 Å². The molecule has 3 heterocycles. The number of hydrogen-bond acceptors (Lipinski definition) is 8. The fraction of sp³-hybridized carbons (Fsp3) is 0.286. The number of nitriles is 1. The summed E-state index contributed by atoms with van der Waals surface area (Å²) in [7, 11) is 0. The average Bonchev–Trinajstić information content (AvgIpc) is 2.79. The normalized spacial score (nSPS) is 14.2. The van der Waals surface area contributed by atoms with Gasteiger partial charge < -0.3 is 15.4 Å². The summed E-state index contributed by atoms with van der Waals surface area (Å²) in [5.41, 5.74) is 0.836. The van der Waals surface area contributed by atoms with E-state index in [1.54, 1.807) is 12.3 Å². The number of rotatable bonds is 6. The number of benzene rings is 1. The van der Waals surface area contributed by atoms with Crippen molar-refractivity contribution < 1.29 is 9.53 Å². The number of aromatic nitrogens is 3. The molecule has 30 heavy (non-hydrogen) atoms. The van der Waals surface area contributed by atoms with Crippen molar-refractivity contribution >= 4 is 28.3 Å². The Kier molecular flexibility index (Phi) is 6.08. The average molecular weight is 403 g/mol. The third kappa shape index (κ3) is 4.68. The third-order valence-corrected chi connectivity index (χ3v) is 4.85. The van der Waals surface area contributed by atoms with Gasteiger partial charge in [-0.05, 0) is 17.5 Å². The van der Waals surface area contributed by atoms with Gasteiger partial charge in [0.25, 0.3) is 5.91 Å². The Morgan fingerprint density at radius 1 is 1.13 bits per heavy atom. The van der Waals surface area contributed by atoms with Gasteiger partial charge in [-0.25, -0.2) is 15.0 Å². The molecule has 1 saturated heterocycles. The minimum Gasteiger partial charge on any atom is -0.379 e. The molecule has 1 amide bonds. The molecule has 9 heteroatoms. The van der Waals surface area contributed by atoms with E-state index in [0.717, 1.165) is 43.6 Å². The lowest BCUT2D eigenvalue weighted by Gasteiger charge is -2.26. The van der Waals surface area contributed by atoms with Crippen molar-refractivity contribution in [3.63, 3.8) is 0 Å². The van der Waals surface area contributed by atoms with Crippen molar-refractivity contribution in [3.8, 4) is 6.07 Å². The third-order valence-electron chi connectivity index (χ3n) is 4.85. The van der Waals surface area contributed by atoms with E-state index in [1.807, 2.05) is 24.3 Å². The van der Waals surface area contributed by atoms with Gasteiger partial charge in [0.15, 0.2) is 5.69 Å². The first-order valence-electron chi connectivity index (χ1n) is 9.69. The molecule has 9 nitrogen and oxygen atoms in total. The van der Waals surface area contributed by atoms with Gasteiger partial charge in [0, 0.05) is 43.3 Å². The highest BCUT2D eigenvalue weighted by Crippen LogP contribution is 2.22. The number of anilines is 2. The minimum absolute atomic E-state index is 0.116. The van der Waals surface area contributed by atoms with E-state index in [4.69, 9.17) is 10.00 Å². The van der Waals surface area contributed by atoms with Crippen LogP contribution in [0.15, 0.2) is 42.9 Å². The SMILES string of the molecule is N#Cc1cnc(Nc2cc3cccc(C(=O)NCCN4CCOCC4)c3cn2)cn1. The Labute approximate surface area is 173 Å². The summed E-state index contributed by atoms with van der Waals surface area (Å²) in [6.07, 6.45) is 4.54. The highest BCUT2D eigenvalue weighted by Gasteiger charge is 2.13. The predicted octanol–water partition coefficient (Wildman–Crippen LogP) is 1.70. The van der Waals surface area contributed by atoms with E-state index >= 15 is 0 Å². The fourth-order valence-corrected chi connectivity index (χ4v) is 3.27. The number of fused-ring (bicyclic) bond motifs is 1. The van der Waals surface area contributed by atoms with Crippen LogP contribution in [0.25, 0.3) is 10.8 Å². The molecule has 0 atom stereocenters. The maximum Gasteiger partial charge on any atom is 0.252 e. The Morgan fingerprint density at radius 3 is 2.73 bits per heavy atom. The molecule has 152 valence electrons. The van der Waals surface area contributed by atoms with Crippen LogP contribution in [0.3, 0.4) is 0 Å². The molecular weight excluding hydrogens is 382 g/mol. The predicted molar refractivity (Wildman–Crippen MR) is 111 cm³/mol. The first kappa shape index (κ1) is 19.7. The molecule has 1 aromatic carbocycles. The highest BCUT2D eigenvalue weighted by atomic mass is 16.5. The quantitative estimate of drug-likeness (QED) is 0.639. The second kappa shape index (κ2) is 9.26. The molecule has 0 bridgehead atoms. The van der Waals surface area contributed by atoms with Crippen molar-refractivity contribution in [2.75, 3.05) is 44.7 Å². The number of carbonyl (C=O) groups is 1. The first-order chi connectivity index (χ1) is 14.7. The van der Waals surface area contributed by atoms with Crippen LogP contribution in [0, 0.1) is 11.3 Å². The molecule has 0 radical (unpaired) electrons. The Morgan fingerprint density at radius 2 is 1.97 bits per heavy atom. The topological polar surface area (TPSA) is 116 Å². The summed E-state index contributed by atoms with van der Waals surface area (Å²) in [6, 6.07) is 9.35. The zero-order chi connectivity index (χ0) is 20.8. The Balaban J connectivity index is 1.43. The second-order valence-electron chi connectivity index (χ2n) is 6.83. The van der Waals surface area contributed by atoms with Gasteiger partial charge in [-0.2, -0.15) is 5.26 Å². The number of carbonyl (C=O) groups excluding carboxylic acids is 1. The summed E-state index contributed by atoms with van der Waals surface area (Å²) in [5, 5.41) is 16.5. The molecule has 3 aromatic rings. The Bertz CT molecular complexity index is 1070. The molecule has 1 aliphatic heterocycles. The van der Waals surface area contributed by atoms with E-state index in [-0.39, 0.29) is 11.6 Å². The molecule has 0 aliphatic carbocycles. The number of ether oxygens (including phenoxy) is 1. The molecule has 4 rings (SSSR count). The fourth-order valence-electron chi connectivity index (χ4n) is 3.27.